The highest BCUT2D eigenvalue weighted by atomic mass is 16.2. The number of carbonyl (C=O) groups is 1. The van der Waals surface area contributed by atoms with Gasteiger partial charge in [-0.15, -0.1) is 0 Å². The van der Waals surface area contributed by atoms with E-state index in [1.807, 2.05) is 32.6 Å². The highest BCUT2D eigenvalue weighted by Gasteiger charge is 2.23. The van der Waals surface area contributed by atoms with Gasteiger partial charge in [-0.2, -0.15) is 0 Å². The molecule has 1 heterocycles. The highest BCUT2D eigenvalue weighted by Crippen LogP contribution is 2.14. The number of hydrogen-bond acceptors (Lipinski definition) is 1. The Kier molecular flexibility index (Phi) is 22.8. The monoisotopic (exact) mass is 245 g/mol. The highest BCUT2D eigenvalue weighted by molar-refractivity contribution is 5.78. The van der Waals surface area contributed by atoms with Crippen LogP contribution in [0.1, 0.15) is 81.1 Å². The fourth-order valence-electron chi connectivity index (χ4n) is 1.36. The van der Waals surface area contributed by atoms with Gasteiger partial charge < -0.3 is 4.90 Å². The molecule has 1 unspecified atom stereocenters. The van der Waals surface area contributed by atoms with Crippen molar-refractivity contribution in [3.05, 3.63) is 0 Å². The zero-order chi connectivity index (χ0) is 14.3. The van der Waals surface area contributed by atoms with E-state index in [1.54, 1.807) is 0 Å². The van der Waals surface area contributed by atoms with Gasteiger partial charge >= 0.3 is 0 Å². The molecular weight excluding hydrogens is 210 g/mol. The SMILES string of the molecule is CC.CC.CCC.CCC(C)N1CCCC1=O. The lowest BCUT2D eigenvalue weighted by Crippen LogP contribution is -2.33. The van der Waals surface area contributed by atoms with Crippen LogP contribution in [0.4, 0.5) is 0 Å². The van der Waals surface area contributed by atoms with Crippen LogP contribution in [-0.2, 0) is 4.79 Å². The van der Waals surface area contributed by atoms with E-state index in [0.717, 1.165) is 25.8 Å². The average molecular weight is 245 g/mol. The lowest BCUT2D eigenvalue weighted by atomic mass is 10.2. The van der Waals surface area contributed by atoms with E-state index in [-0.39, 0.29) is 0 Å². The van der Waals surface area contributed by atoms with Gasteiger partial charge in [0, 0.05) is 19.0 Å². The quantitative estimate of drug-likeness (QED) is 0.679. The molecule has 1 aliphatic rings. The van der Waals surface area contributed by atoms with Crippen molar-refractivity contribution in [1.29, 1.82) is 0 Å². The lowest BCUT2D eigenvalue weighted by molar-refractivity contribution is -0.129. The minimum absolute atomic E-state index is 0.342. The third kappa shape index (κ3) is 11.7. The maximum Gasteiger partial charge on any atom is 0.222 e. The lowest BCUT2D eigenvalue weighted by Gasteiger charge is -2.22. The molecule has 2 heteroatoms. The Morgan fingerprint density at radius 3 is 1.76 bits per heavy atom. The van der Waals surface area contributed by atoms with Gasteiger partial charge in [-0.3, -0.25) is 4.79 Å². The van der Waals surface area contributed by atoms with Gasteiger partial charge in [0.1, 0.15) is 0 Å². The Morgan fingerprint density at radius 1 is 1.12 bits per heavy atom. The van der Waals surface area contributed by atoms with E-state index in [0.29, 0.717) is 11.9 Å². The summed E-state index contributed by atoms with van der Waals surface area (Å²) in [4.78, 5) is 13.1. The zero-order valence-electron chi connectivity index (χ0n) is 13.5. The number of hydrogen-bond donors (Lipinski definition) is 0. The Balaban J connectivity index is -0.000000239. The average Bonchev–Trinajstić information content (AvgIpc) is 2.81. The van der Waals surface area contributed by atoms with Crippen LogP contribution in [-0.4, -0.2) is 23.4 Å². The fourth-order valence-corrected chi connectivity index (χ4v) is 1.36. The number of rotatable bonds is 2. The van der Waals surface area contributed by atoms with E-state index < -0.39 is 0 Å². The molecule has 17 heavy (non-hydrogen) atoms. The van der Waals surface area contributed by atoms with Crippen LogP contribution in [0.25, 0.3) is 0 Å². The molecule has 1 atom stereocenters. The van der Waals surface area contributed by atoms with Crippen molar-refractivity contribution in [2.75, 3.05) is 6.54 Å². The number of carbonyl (C=O) groups excluding carboxylic acids is 1. The van der Waals surface area contributed by atoms with E-state index in [2.05, 4.69) is 27.7 Å². The first-order valence-electron chi connectivity index (χ1n) is 7.46. The number of likely N-dealkylation sites (tertiary alicyclic amines) is 1. The van der Waals surface area contributed by atoms with Crippen LogP contribution in [0, 0.1) is 0 Å². The minimum atomic E-state index is 0.342. The molecule has 0 saturated carbocycles. The van der Waals surface area contributed by atoms with Gasteiger partial charge in [-0.1, -0.05) is 54.9 Å². The van der Waals surface area contributed by atoms with Gasteiger partial charge in [0.05, 0.1) is 0 Å². The minimum Gasteiger partial charge on any atom is -0.340 e. The molecule has 1 amide bonds. The topological polar surface area (TPSA) is 20.3 Å². The van der Waals surface area contributed by atoms with Crippen molar-refractivity contribution >= 4 is 5.91 Å². The first-order chi connectivity index (χ1) is 8.17. The van der Waals surface area contributed by atoms with Gasteiger partial charge in [0.25, 0.3) is 0 Å². The number of amides is 1. The molecule has 1 aliphatic heterocycles. The Bertz CT molecular complexity index is 146. The van der Waals surface area contributed by atoms with Crippen LogP contribution < -0.4 is 0 Å². The molecule has 1 rings (SSSR count). The summed E-state index contributed by atoms with van der Waals surface area (Å²) in [5.74, 6) is 0.342. The van der Waals surface area contributed by atoms with E-state index in [1.165, 1.54) is 6.42 Å². The van der Waals surface area contributed by atoms with Crippen LogP contribution >= 0.6 is 0 Å². The maximum absolute atomic E-state index is 11.1. The summed E-state index contributed by atoms with van der Waals surface area (Å²) >= 11 is 0. The molecule has 0 spiro atoms. The zero-order valence-corrected chi connectivity index (χ0v) is 13.5. The maximum atomic E-state index is 11.1. The van der Waals surface area contributed by atoms with Crippen molar-refractivity contribution in [3.63, 3.8) is 0 Å². The Hall–Kier alpha value is -0.530. The molecule has 0 aliphatic carbocycles. The molecule has 1 saturated heterocycles. The predicted molar refractivity (Wildman–Crippen MR) is 79.4 cm³/mol. The summed E-state index contributed by atoms with van der Waals surface area (Å²) in [5, 5.41) is 0. The molecule has 1 fully saturated rings. The molecule has 2 nitrogen and oxygen atoms in total. The number of nitrogens with zero attached hydrogens (tertiary/aromatic N) is 1. The summed E-state index contributed by atoms with van der Waals surface area (Å²) in [6.07, 6.45) is 4.15. The summed E-state index contributed by atoms with van der Waals surface area (Å²) in [5.41, 5.74) is 0. The third-order valence-corrected chi connectivity index (χ3v) is 2.23. The van der Waals surface area contributed by atoms with Crippen molar-refractivity contribution in [2.45, 2.75) is 87.1 Å². The standard InChI is InChI=1S/C8H15NO.C3H8.2C2H6/c1-3-7(2)9-6-4-5-8(9)10;1-3-2;2*1-2/h7H,3-6H2,1-2H3;3H2,1-2H3;2*1-2H3. The molecular formula is C15H35NO. The molecule has 106 valence electrons. The third-order valence-electron chi connectivity index (χ3n) is 2.23. The van der Waals surface area contributed by atoms with Gasteiger partial charge in [0.15, 0.2) is 0 Å². The molecule has 0 bridgehead atoms. The molecule has 0 N–H and O–H groups in total. The van der Waals surface area contributed by atoms with Crippen LogP contribution in [0.5, 0.6) is 0 Å². The van der Waals surface area contributed by atoms with Crippen LogP contribution in [0.3, 0.4) is 0 Å². The summed E-state index contributed by atoms with van der Waals surface area (Å²) in [7, 11) is 0. The first-order valence-corrected chi connectivity index (χ1v) is 7.46. The predicted octanol–water partition coefficient (Wildman–Crippen LogP) is 4.88. The van der Waals surface area contributed by atoms with Gasteiger partial charge in [-0.05, 0) is 19.8 Å². The summed E-state index contributed by atoms with van der Waals surface area (Å²) in [6.45, 7) is 17.5. The summed E-state index contributed by atoms with van der Waals surface area (Å²) in [6, 6.07) is 0.454. The fraction of sp³-hybridized carbons (Fsp3) is 0.933. The Morgan fingerprint density at radius 2 is 1.53 bits per heavy atom. The van der Waals surface area contributed by atoms with Crippen molar-refractivity contribution in [1.82, 2.24) is 4.90 Å². The smallest absolute Gasteiger partial charge is 0.222 e. The summed E-state index contributed by atoms with van der Waals surface area (Å²) < 4.78 is 0. The van der Waals surface area contributed by atoms with Gasteiger partial charge in [0.2, 0.25) is 5.91 Å². The first kappa shape index (κ1) is 21.7. The van der Waals surface area contributed by atoms with E-state index in [4.69, 9.17) is 0 Å². The van der Waals surface area contributed by atoms with E-state index in [9.17, 15) is 4.79 Å². The molecule has 0 aromatic heterocycles. The van der Waals surface area contributed by atoms with E-state index >= 15 is 0 Å². The van der Waals surface area contributed by atoms with Crippen molar-refractivity contribution in [3.8, 4) is 0 Å². The second kappa shape index (κ2) is 17.9. The normalized spacial score (nSPS) is 14.6. The van der Waals surface area contributed by atoms with Gasteiger partial charge in [-0.25, -0.2) is 0 Å². The van der Waals surface area contributed by atoms with Crippen LogP contribution in [0.15, 0.2) is 0 Å². The molecule has 0 aromatic carbocycles. The molecule has 0 radical (unpaired) electrons. The molecule has 0 aromatic rings. The largest absolute Gasteiger partial charge is 0.340 e. The van der Waals surface area contributed by atoms with Crippen molar-refractivity contribution < 1.29 is 4.79 Å². The second-order valence-electron chi connectivity index (χ2n) is 3.66. The van der Waals surface area contributed by atoms with Crippen molar-refractivity contribution in [2.24, 2.45) is 0 Å². The van der Waals surface area contributed by atoms with Crippen LogP contribution in [0.2, 0.25) is 0 Å². The second-order valence-corrected chi connectivity index (χ2v) is 3.66. The Labute approximate surface area is 110 Å².